The third kappa shape index (κ3) is 7.55. The van der Waals surface area contributed by atoms with E-state index < -0.39 is 45.8 Å². The van der Waals surface area contributed by atoms with Gasteiger partial charge in [0.05, 0.1) is 11.9 Å². The Kier molecular flexibility index (Phi) is 8.83. The molecule has 0 bridgehead atoms. The van der Waals surface area contributed by atoms with Crippen LogP contribution in [-0.2, 0) is 32.6 Å². The van der Waals surface area contributed by atoms with Crippen LogP contribution < -0.4 is 9.62 Å². The number of hydrogen-bond acceptors (Lipinski definition) is 4. The van der Waals surface area contributed by atoms with Gasteiger partial charge in [0.1, 0.15) is 18.4 Å². The first-order valence-corrected chi connectivity index (χ1v) is 13.0. The van der Waals surface area contributed by atoms with Crippen molar-refractivity contribution in [3.63, 3.8) is 0 Å². The molecule has 0 aromatic heterocycles. The first-order chi connectivity index (χ1) is 15.7. The highest BCUT2D eigenvalue weighted by atomic mass is 32.2. The summed E-state index contributed by atoms with van der Waals surface area (Å²) in [6.07, 6.45) is 1.81. The van der Waals surface area contributed by atoms with Crippen molar-refractivity contribution in [2.45, 2.75) is 59.2 Å². The fraction of sp³-hybridized carbons (Fsp3) is 0.440. The van der Waals surface area contributed by atoms with E-state index in [1.54, 1.807) is 37.3 Å². The molecule has 2 aromatic carbocycles. The van der Waals surface area contributed by atoms with Gasteiger partial charge < -0.3 is 10.2 Å². The monoisotopic (exact) mass is 491 g/mol. The summed E-state index contributed by atoms with van der Waals surface area (Å²) in [5.41, 5.74) is 1.05. The minimum atomic E-state index is -3.81. The second-order valence-corrected chi connectivity index (χ2v) is 11.2. The second kappa shape index (κ2) is 11.0. The van der Waals surface area contributed by atoms with Gasteiger partial charge in [-0.25, -0.2) is 12.8 Å². The van der Waals surface area contributed by atoms with Crippen LogP contribution in [-0.4, -0.2) is 49.5 Å². The Morgan fingerprint density at radius 3 is 2.15 bits per heavy atom. The molecular formula is C25H34FN3O4S. The van der Waals surface area contributed by atoms with E-state index in [1.807, 2.05) is 27.7 Å². The number of rotatable bonds is 9. The summed E-state index contributed by atoms with van der Waals surface area (Å²) >= 11 is 0. The molecule has 7 nitrogen and oxygen atoms in total. The zero-order chi connectivity index (χ0) is 25.7. The quantitative estimate of drug-likeness (QED) is 0.582. The predicted octanol–water partition coefficient (Wildman–Crippen LogP) is 3.49. The highest BCUT2D eigenvalue weighted by molar-refractivity contribution is 7.92. The Bertz CT molecular complexity index is 1110. The lowest BCUT2D eigenvalue weighted by atomic mass is 10.1. The van der Waals surface area contributed by atoms with E-state index in [2.05, 4.69) is 5.32 Å². The first kappa shape index (κ1) is 27.3. The zero-order valence-corrected chi connectivity index (χ0v) is 21.4. The Morgan fingerprint density at radius 2 is 1.65 bits per heavy atom. The van der Waals surface area contributed by atoms with E-state index in [0.29, 0.717) is 5.69 Å². The zero-order valence-electron chi connectivity index (χ0n) is 20.6. The van der Waals surface area contributed by atoms with Gasteiger partial charge in [0.2, 0.25) is 21.8 Å². The second-order valence-electron chi connectivity index (χ2n) is 9.32. The third-order valence-electron chi connectivity index (χ3n) is 5.28. The molecule has 0 fully saturated rings. The maximum absolute atomic E-state index is 14.4. The standard InChI is InChI=1S/C25H34FN3O4S/c1-7-19-12-14-21(15-13-19)29(34(6,32)33)17-23(30)28(16-20-10-8-9-11-22(20)26)18(2)24(31)27-25(3,4)5/h8-15,18H,7,16-17H2,1-6H3,(H,27,31). The lowest BCUT2D eigenvalue weighted by Crippen LogP contribution is -2.54. The van der Waals surface area contributed by atoms with Crippen molar-refractivity contribution in [3.8, 4) is 0 Å². The van der Waals surface area contributed by atoms with Gasteiger partial charge >= 0.3 is 0 Å². The van der Waals surface area contributed by atoms with Crippen molar-refractivity contribution in [3.05, 3.63) is 65.5 Å². The minimum Gasteiger partial charge on any atom is -0.350 e. The van der Waals surface area contributed by atoms with Crippen molar-refractivity contribution in [1.82, 2.24) is 10.2 Å². The smallest absolute Gasteiger partial charge is 0.244 e. The van der Waals surface area contributed by atoms with Crippen molar-refractivity contribution >= 4 is 27.5 Å². The van der Waals surface area contributed by atoms with Crippen LogP contribution in [0.15, 0.2) is 48.5 Å². The number of amides is 2. The molecule has 9 heteroatoms. The number of hydrogen-bond donors (Lipinski definition) is 1. The summed E-state index contributed by atoms with van der Waals surface area (Å²) in [5, 5.41) is 2.82. The number of carbonyl (C=O) groups is 2. The molecule has 186 valence electrons. The van der Waals surface area contributed by atoms with Crippen LogP contribution >= 0.6 is 0 Å². The van der Waals surface area contributed by atoms with Crippen LogP contribution in [0.25, 0.3) is 0 Å². The summed E-state index contributed by atoms with van der Waals surface area (Å²) in [5.74, 6) is -1.56. The molecule has 1 unspecified atom stereocenters. The number of sulfonamides is 1. The van der Waals surface area contributed by atoms with Gasteiger partial charge in [-0.1, -0.05) is 37.3 Å². The lowest BCUT2D eigenvalue weighted by Gasteiger charge is -2.33. The Balaban J connectivity index is 2.41. The van der Waals surface area contributed by atoms with Crippen LogP contribution in [0.4, 0.5) is 10.1 Å². The van der Waals surface area contributed by atoms with Crippen LogP contribution in [0.1, 0.15) is 45.7 Å². The van der Waals surface area contributed by atoms with Crippen molar-refractivity contribution in [2.75, 3.05) is 17.1 Å². The van der Waals surface area contributed by atoms with Gasteiger partial charge in [-0.2, -0.15) is 0 Å². The summed E-state index contributed by atoms with van der Waals surface area (Å²) < 4.78 is 40.5. The Hall–Kier alpha value is -2.94. The molecule has 0 radical (unpaired) electrons. The van der Waals surface area contributed by atoms with Crippen molar-refractivity contribution in [1.29, 1.82) is 0 Å². The molecule has 0 aliphatic carbocycles. The molecule has 0 aliphatic rings. The lowest BCUT2D eigenvalue weighted by molar-refractivity contribution is -0.140. The number of anilines is 1. The van der Waals surface area contributed by atoms with Crippen LogP contribution in [0, 0.1) is 5.82 Å². The molecule has 0 aliphatic heterocycles. The van der Waals surface area contributed by atoms with Gasteiger partial charge in [-0.15, -0.1) is 0 Å². The topological polar surface area (TPSA) is 86.8 Å². The van der Waals surface area contributed by atoms with Gasteiger partial charge in [0.15, 0.2) is 0 Å². The fourth-order valence-corrected chi connectivity index (χ4v) is 4.23. The van der Waals surface area contributed by atoms with E-state index in [4.69, 9.17) is 0 Å². The van der Waals surface area contributed by atoms with Crippen molar-refractivity contribution < 1.29 is 22.4 Å². The maximum atomic E-state index is 14.4. The molecule has 0 saturated carbocycles. The summed E-state index contributed by atoms with van der Waals surface area (Å²) in [4.78, 5) is 27.5. The molecule has 0 spiro atoms. The van der Waals surface area contributed by atoms with Crippen molar-refractivity contribution in [2.24, 2.45) is 0 Å². The predicted molar refractivity (Wildman–Crippen MR) is 132 cm³/mol. The van der Waals surface area contributed by atoms with E-state index in [9.17, 15) is 22.4 Å². The van der Waals surface area contributed by atoms with Gasteiger partial charge in [-0.05, 0) is 57.9 Å². The van der Waals surface area contributed by atoms with E-state index in [-0.39, 0.29) is 12.1 Å². The highest BCUT2D eigenvalue weighted by Gasteiger charge is 2.31. The maximum Gasteiger partial charge on any atom is 0.244 e. The first-order valence-electron chi connectivity index (χ1n) is 11.1. The van der Waals surface area contributed by atoms with Crippen LogP contribution in [0.5, 0.6) is 0 Å². The summed E-state index contributed by atoms with van der Waals surface area (Å²) in [7, 11) is -3.81. The molecule has 2 amide bonds. The van der Waals surface area contributed by atoms with E-state index in [0.717, 1.165) is 22.5 Å². The molecule has 2 aromatic rings. The third-order valence-corrected chi connectivity index (χ3v) is 6.42. The van der Waals surface area contributed by atoms with Gasteiger partial charge in [-0.3, -0.25) is 13.9 Å². The fourth-order valence-electron chi connectivity index (χ4n) is 3.38. The van der Waals surface area contributed by atoms with Gasteiger partial charge in [0, 0.05) is 17.6 Å². The average Bonchev–Trinajstić information content (AvgIpc) is 2.74. The number of carbonyl (C=O) groups excluding carboxylic acids is 2. The molecule has 2 rings (SSSR count). The largest absolute Gasteiger partial charge is 0.350 e. The van der Waals surface area contributed by atoms with E-state index in [1.165, 1.54) is 23.1 Å². The number of aryl methyl sites for hydroxylation is 1. The summed E-state index contributed by atoms with van der Waals surface area (Å²) in [6.45, 7) is 8.25. The molecule has 34 heavy (non-hydrogen) atoms. The molecule has 0 saturated heterocycles. The minimum absolute atomic E-state index is 0.184. The number of halogens is 1. The Morgan fingerprint density at radius 1 is 1.06 bits per heavy atom. The number of benzene rings is 2. The van der Waals surface area contributed by atoms with E-state index >= 15 is 0 Å². The molecular weight excluding hydrogens is 457 g/mol. The number of nitrogens with zero attached hydrogens (tertiary/aromatic N) is 2. The number of nitrogens with one attached hydrogen (secondary N) is 1. The normalized spacial score (nSPS) is 12.7. The van der Waals surface area contributed by atoms with Gasteiger partial charge in [0.25, 0.3) is 0 Å². The molecule has 0 heterocycles. The molecule has 1 atom stereocenters. The molecule has 1 N–H and O–H groups in total. The van der Waals surface area contributed by atoms with Crippen LogP contribution in [0.2, 0.25) is 0 Å². The summed E-state index contributed by atoms with van der Waals surface area (Å²) in [6, 6.07) is 11.9. The Labute approximate surface area is 202 Å². The highest BCUT2D eigenvalue weighted by Crippen LogP contribution is 2.21. The average molecular weight is 492 g/mol. The SMILES string of the molecule is CCc1ccc(N(CC(=O)N(Cc2ccccc2F)C(C)C(=O)NC(C)(C)C)S(C)(=O)=O)cc1. The van der Waals surface area contributed by atoms with Crippen LogP contribution in [0.3, 0.4) is 0 Å².